The number of methoxy groups -OCH3 is 1. The van der Waals surface area contributed by atoms with E-state index in [9.17, 15) is 23.3 Å². The van der Waals surface area contributed by atoms with Crippen molar-refractivity contribution in [3.63, 3.8) is 0 Å². The summed E-state index contributed by atoms with van der Waals surface area (Å²) in [6.07, 6.45) is 0. The molecule has 0 bridgehead atoms. The Bertz CT molecular complexity index is 877. The van der Waals surface area contributed by atoms with Crippen LogP contribution in [0.25, 0.3) is 0 Å². The smallest absolute Gasteiger partial charge is 0.349 e. The lowest BCUT2D eigenvalue weighted by atomic mass is 10.3. The maximum absolute atomic E-state index is 12.4. The molecule has 1 aromatic heterocycles. The number of esters is 1. The largest absolute Gasteiger partial charge is 0.465 e. The number of nitrogens with zero attached hydrogens (tertiary/aromatic N) is 1. The summed E-state index contributed by atoms with van der Waals surface area (Å²) in [5.74, 6) is -0.789. The second-order valence-electron chi connectivity index (χ2n) is 4.13. The number of carbonyl (C=O) groups is 1. The van der Waals surface area contributed by atoms with Crippen LogP contribution in [0.4, 0.5) is 11.4 Å². The number of carbonyl (C=O) groups excluding carboxylic acids is 1. The van der Waals surface area contributed by atoms with Crippen molar-refractivity contribution in [2.24, 2.45) is 0 Å². The maximum atomic E-state index is 12.4. The monoisotopic (exact) mass is 376 g/mol. The molecule has 0 unspecified atom stereocenters. The SMILES string of the molecule is COC(=O)c1sccc1S(=O)(=O)Nc1ccc(Cl)c([N+](=O)[O-])c1. The molecule has 0 aliphatic rings. The van der Waals surface area contributed by atoms with Crippen molar-refractivity contribution >= 4 is 50.3 Å². The molecular formula is C12H9ClN2O6S2. The zero-order valence-corrected chi connectivity index (χ0v) is 13.9. The van der Waals surface area contributed by atoms with Crippen molar-refractivity contribution < 1.29 is 22.9 Å². The molecule has 8 nitrogen and oxygen atoms in total. The number of hydrogen-bond acceptors (Lipinski definition) is 7. The molecule has 0 saturated heterocycles. The summed E-state index contributed by atoms with van der Waals surface area (Å²) in [6.45, 7) is 0. The molecular weight excluding hydrogens is 368 g/mol. The molecule has 1 heterocycles. The number of anilines is 1. The van der Waals surface area contributed by atoms with E-state index in [4.69, 9.17) is 11.6 Å². The van der Waals surface area contributed by atoms with Gasteiger partial charge in [-0.15, -0.1) is 11.3 Å². The van der Waals surface area contributed by atoms with Crippen molar-refractivity contribution in [2.45, 2.75) is 4.90 Å². The predicted octanol–water partition coefficient (Wildman–Crippen LogP) is 2.90. The number of halogens is 1. The second-order valence-corrected chi connectivity index (χ2v) is 7.11. The minimum atomic E-state index is -4.12. The van der Waals surface area contributed by atoms with Crippen molar-refractivity contribution in [3.8, 4) is 0 Å². The quantitative estimate of drug-likeness (QED) is 0.487. The van der Waals surface area contributed by atoms with Gasteiger partial charge in [-0.1, -0.05) is 11.6 Å². The number of nitro groups is 1. The molecule has 0 fully saturated rings. The van der Waals surface area contributed by atoms with Gasteiger partial charge in [-0.3, -0.25) is 14.8 Å². The topological polar surface area (TPSA) is 116 Å². The Morgan fingerprint density at radius 2 is 2.09 bits per heavy atom. The van der Waals surface area contributed by atoms with Crippen LogP contribution in [0.1, 0.15) is 9.67 Å². The average molecular weight is 377 g/mol. The van der Waals surface area contributed by atoms with Gasteiger partial charge in [0.15, 0.2) is 0 Å². The zero-order valence-electron chi connectivity index (χ0n) is 11.5. The molecule has 11 heteroatoms. The summed E-state index contributed by atoms with van der Waals surface area (Å²) in [4.78, 5) is 21.3. The van der Waals surface area contributed by atoms with Crippen LogP contribution in [0.15, 0.2) is 34.5 Å². The fraction of sp³-hybridized carbons (Fsp3) is 0.0833. The minimum Gasteiger partial charge on any atom is -0.465 e. The van der Waals surface area contributed by atoms with Gasteiger partial charge < -0.3 is 4.74 Å². The fourth-order valence-corrected chi connectivity index (χ4v) is 4.25. The van der Waals surface area contributed by atoms with Gasteiger partial charge in [0.1, 0.15) is 14.8 Å². The van der Waals surface area contributed by atoms with E-state index in [2.05, 4.69) is 9.46 Å². The molecule has 23 heavy (non-hydrogen) atoms. The van der Waals surface area contributed by atoms with E-state index >= 15 is 0 Å². The fourth-order valence-electron chi connectivity index (χ4n) is 1.68. The Labute approximate surface area is 139 Å². The van der Waals surface area contributed by atoms with Gasteiger partial charge in [0.25, 0.3) is 15.7 Å². The molecule has 0 amide bonds. The standard InChI is InChI=1S/C12H9ClN2O6S2/c1-21-12(16)11-10(4-5-22-11)23(19,20)14-7-2-3-8(13)9(6-7)15(17)18/h2-6,14H,1H3. The van der Waals surface area contributed by atoms with Crippen molar-refractivity contribution in [1.29, 1.82) is 0 Å². The highest BCUT2D eigenvalue weighted by atomic mass is 35.5. The summed E-state index contributed by atoms with van der Waals surface area (Å²) in [6, 6.07) is 4.71. The molecule has 0 aliphatic carbocycles. The molecule has 0 aliphatic heterocycles. The summed E-state index contributed by atoms with van der Waals surface area (Å²) in [5.41, 5.74) is -0.492. The van der Waals surface area contributed by atoms with Gasteiger partial charge in [-0.05, 0) is 23.6 Å². The molecule has 122 valence electrons. The van der Waals surface area contributed by atoms with Gasteiger partial charge in [0.05, 0.1) is 17.7 Å². The van der Waals surface area contributed by atoms with E-state index in [1.165, 1.54) is 23.6 Å². The Morgan fingerprint density at radius 3 is 2.70 bits per heavy atom. The molecule has 0 saturated carbocycles. The van der Waals surface area contributed by atoms with Gasteiger partial charge in [-0.2, -0.15) is 0 Å². The van der Waals surface area contributed by atoms with Crippen LogP contribution in [-0.2, 0) is 14.8 Å². The van der Waals surface area contributed by atoms with Crippen molar-refractivity contribution in [3.05, 3.63) is 49.7 Å². The average Bonchev–Trinajstić information content (AvgIpc) is 2.98. The second kappa shape index (κ2) is 6.52. The molecule has 2 rings (SSSR count). The Morgan fingerprint density at radius 1 is 1.39 bits per heavy atom. The van der Waals surface area contributed by atoms with Gasteiger partial charge in [-0.25, -0.2) is 13.2 Å². The van der Waals surface area contributed by atoms with Crippen molar-refractivity contribution in [1.82, 2.24) is 0 Å². The Kier molecular flexibility index (Phi) is 4.88. The van der Waals surface area contributed by atoms with E-state index in [0.717, 1.165) is 24.5 Å². The number of nitro benzene ring substituents is 1. The minimum absolute atomic E-state index is 0.0527. The molecule has 1 aromatic carbocycles. The first-order valence-corrected chi connectivity index (χ1v) is 8.63. The van der Waals surface area contributed by atoms with Crippen LogP contribution >= 0.6 is 22.9 Å². The van der Waals surface area contributed by atoms with Gasteiger partial charge >= 0.3 is 5.97 Å². The lowest BCUT2D eigenvalue weighted by molar-refractivity contribution is -0.384. The lowest BCUT2D eigenvalue weighted by Crippen LogP contribution is -2.15. The highest BCUT2D eigenvalue weighted by Crippen LogP contribution is 2.30. The van der Waals surface area contributed by atoms with Gasteiger partial charge in [0, 0.05) is 6.07 Å². The van der Waals surface area contributed by atoms with Crippen molar-refractivity contribution in [2.75, 3.05) is 11.8 Å². The predicted molar refractivity (Wildman–Crippen MR) is 84.6 cm³/mol. The van der Waals surface area contributed by atoms with Crippen LogP contribution in [0.5, 0.6) is 0 Å². The lowest BCUT2D eigenvalue weighted by Gasteiger charge is -2.08. The van der Waals surface area contributed by atoms with Gasteiger partial charge in [0.2, 0.25) is 0 Å². The zero-order chi connectivity index (χ0) is 17.2. The third kappa shape index (κ3) is 3.60. The molecule has 2 aromatic rings. The third-order valence-corrected chi connectivity index (χ3v) is 5.45. The Balaban J connectivity index is 2.40. The van der Waals surface area contributed by atoms with Crippen LogP contribution < -0.4 is 4.72 Å². The molecule has 0 radical (unpaired) electrons. The normalized spacial score (nSPS) is 11.0. The number of hydrogen-bond donors (Lipinski definition) is 1. The summed E-state index contributed by atoms with van der Waals surface area (Å²) < 4.78 is 31.4. The number of ether oxygens (including phenoxy) is 1. The number of sulfonamides is 1. The number of thiophene rings is 1. The van der Waals surface area contributed by atoms with Crippen LogP contribution in [-0.4, -0.2) is 26.4 Å². The number of rotatable bonds is 5. The van der Waals surface area contributed by atoms with Crippen LogP contribution in [0.2, 0.25) is 5.02 Å². The number of benzene rings is 1. The summed E-state index contributed by atoms with van der Waals surface area (Å²) in [5, 5.41) is 12.1. The van der Waals surface area contributed by atoms with E-state index in [1.54, 1.807) is 0 Å². The first-order valence-electron chi connectivity index (χ1n) is 5.89. The van der Waals surface area contributed by atoms with E-state index in [0.29, 0.717) is 0 Å². The highest BCUT2D eigenvalue weighted by Gasteiger charge is 2.25. The summed E-state index contributed by atoms with van der Waals surface area (Å²) >= 11 is 6.58. The maximum Gasteiger partial charge on any atom is 0.349 e. The first-order chi connectivity index (χ1) is 10.8. The molecule has 0 spiro atoms. The molecule has 1 N–H and O–H groups in total. The van der Waals surface area contributed by atoms with E-state index in [-0.39, 0.29) is 20.5 Å². The van der Waals surface area contributed by atoms with E-state index < -0.39 is 26.6 Å². The molecule has 0 atom stereocenters. The highest BCUT2D eigenvalue weighted by molar-refractivity contribution is 7.93. The van der Waals surface area contributed by atoms with Crippen LogP contribution in [0.3, 0.4) is 0 Å². The number of nitrogens with one attached hydrogen (secondary N) is 1. The summed E-state index contributed by atoms with van der Waals surface area (Å²) in [7, 11) is -2.98. The van der Waals surface area contributed by atoms with Crippen LogP contribution in [0, 0.1) is 10.1 Å². The first kappa shape index (κ1) is 17.2. The van der Waals surface area contributed by atoms with E-state index in [1.807, 2.05) is 0 Å². The third-order valence-electron chi connectivity index (χ3n) is 2.68. The Hall–Kier alpha value is -2.17.